The summed E-state index contributed by atoms with van der Waals surface area (Å²) in [5.74, 6) is 1.03. The lowest BCUT2D eigenvalue weighted by molar-refractivity contribution is 0.119. The highest BCUT2D eigenvalue weighted by Crippen LogP contribution is 2.23. The fourth-order valence-electron chi connectivity index (χ4n) is 2.48. The van der Waals surface area contributed by atoms with E-state index in [0.29, 0.717) is 11.5 Å². The van der Waals surface area contributed by atoms with Crippen molar-refractivity contribution in [2.45, 2.75) is 24.5 Å². The summed E-state index contributed by atoms with van der Waals surface area (Å²) in [5, 5.41) is 5.28. The van der Waals surface area contributed by atoms with Gasteiger partial charge in [0.1, 0.15) is 11.1 Å². The monoisotopic (exact) mass is 345 g/mol. The maximum atomic E-state index is 12.5. The molecule has 0 unspecified atom stereocenters. The van der Waals surface area contributed by atoms with Gasteiger partial charge >= 0.3 is 0 Å². The van der Waals surface area contributed by atoms with Crippen molar-refractivity contribution in [3.8, 4) is 0 Å². The van der Waals surface area contributed by atoms with Crippen LogP contribution in [0.2, 0.25) is 0 Å². The summed E-state index contributed by atoms with van der Waals surface area (Å²) in [7, 11) is 0.695. The molecule has 3 aromatic rings. The first-order valence-electron chi connectivity index (χ1n) is 7.46. The molecule has 0 spiro atoms. The van der Waals surface area contributed by atoms with Gasteiger partial charge in [0.25, 0.3) is 0 Å². The van der Waals surface area contributed by atoms with Gasteiger partial charge in [-0.25, -0.2) is 4.98 Å². The zero-order valence-corrected chi connectivity index (χ0v) is 14.8. The van der Waals surface area contributed by atoms with Crippen LogP contribution in [0.1, 0.15) is 29.3 Å². The third kappa shape index (κ3) is 3.86. The highest BCUT2D eigenvalue weighted by atomic mass is 32.2. The van der Waals surface area contributed by atoms with Crippen molar-refractivity contribution in [2.24, 2.45) is 0 Å². The van der Waals surface area contributed by atoms with Crippen molar-refractivity contribution < 1.29 is 8.95 Å². The minimum atomic E-state index is -0.976. The molecule has 0 radical (unpaired) electrons. The lowest BCUT2D eigenvalue weighted by Crippen LogP contribution is -2.01. The number of rotatable bonds is 6. The van der Waals surface area contributed by atoms with Gasteiger partial charge in [0.15, 0.2) is 0 Å². The summed E-state index contributed by atoms with van der Waals surface area (Å²) in [6.07, 6.45) is -0.0137. The summed E-state index contributed by atoms with van der Waals surface area (Å²) in [6.45, 7) is 1.97. The Labute approximate surface area is 142 Å². The van der Waals surface area contributed by atoms with Gasteiger partial charge in [0.05, 0.1) is 11.4 Å². The lowest BCUT2D eigenvalue weighted by Gasteiger charge is -2.06. The molecule has 3 nitrogen and oxygen atoms in total. The summed E-state index contributed by atoms with van der Waals surface area (Å²) < 4.78 is 17.8. The molecule has 3 rings (SSSR count). The number of aromatic nitrogens is 1. The van der Waals surface area contributed by atoms with Crippen molar-refractivity contribution >= 4 is 32.9 Å². The van der Waals surface area contributed by atoms with Crippen LogP contribution in [0.15, 0.2) is 47.8 Å². The number of hydrogen-bond donors (Lipinski definition) is 0. The van der Waals surface area contributed by atoms with Gasteiger partial charge in [-0.1, -0.05) is 42.5 Å². The molecule has 0 bridgehead atoms. The zero-order valence-electron chi connectivity index (χ0n) is 13.2. The Morgan fingerprint density at radius 3 is 2.78 bits per heavy atom. The molecular formula is C18H19NO2S2. The largest absolute Gasteiger partial charge is 0.375 e. The Balaban J connectivity index is 1.73. The van der Waals surface area contributed by atoms with Gasteiger partial charge in [0.2, 0.25) is 0 Å². The molecule has 2 aromatic carbocycles. The molecule has 0 amide bonds. The smallest absolute Gasteiger partial charge is 0.122 e. The molecule has 0 aliphatic rings. The Kier molecular flexibility index (Phi) is 5.20. The minimum Gasteiger partial charge on any atom is -0.375 e. The van der Waals surface area contributed by atoms with E-state index in [1.165, 1.54) is 10.8 Å². The average Bonchev–Trinajstić information content (AvgIpc) is 3.03. The van der Waals surface area contributed by atoms with Crippen LogP contribution < -0.4 is 0 Å². The minimum absolute atomic E-state index is 0.0137. The quantitative estimate of drug-likeness (QED) is 0.662. The Hall–Kier alpha value is -1.56. The van der Waals surface area contributed by atoms with Gasteiger partial charge in [-0.3, -0.25) is 4.21 Å². The van der Waals surface area contributed by atoms with Gasteiger partial charge in [0, 0.05) is 29.0 Å². The van der Waals surface area contributed by atoms with Crippen molar-refractivity contribution in [1.29, 1.82) is 0 Å². The van der Waals surface area contributed by atoms with Crippen molar-refractivity contribution in [3.63, 3.8) is 0 Å². The van der Waals surface area contributed by atoms with Crippen LogP contribution in [0.3, 0.4) is 0 Å². The van der Waals surface area contributed by atoms with Gasteiger partial charge in [-0.15, -0.1) is 11.3 Å². The molecule has 1 heterocycles. The topological polar surface area (TPSA) is 39.2 Å². The first-order valence-corrected chi connectivity index (χ1v) is 9.83. The highest BCUT2D eigenvalue weighted by molar-refractivity contribution is 7.83. The molecule has 0 saturated heterocycles. The van der Waals surface area contributed by atoms with Crippen LogP contribution in [0.5, 0.6) is 0 Å². The van der Waals surface area contributed by atoms with E-state index in [-0.39, 0.29) is 6.10 Å². The van der Waals surface area contributed by atoms with Crippen LogP contribution >= 0.6 is 11.3 Å². The Morgan fingerprint density at radius 2 is 1.96 bits per heavy atom. The van der Waals surface area contributed by atoms with Crippen molar-refractivity contribution in [3.05, 3.63) is 64.1 Å². The zero-order chi connectivity index (χ0) is 16.2. The van der Waals surface area contributed by atoms with E-state index < -0.39 is 10.8 Å². The summed E-state index contributed by atoms with van der Waals surface area (Å²) in [5.41, 5.74) is 2.01. The van der Waals surface area contributed by atoms with Crippen LogP contribution in [-0.4, -0.2) is 16.3 Å². The van der Waals surface area contributed by atoms with E-state index in [1.54, 1.807) is 18.4 Å². The first kappa shape index (κ1) is 16.3. The van der Waals surface area contributed by atoms with Gasteiger partial charge in [-0.05, 0) is 23.3 Å². The SMILES string of the molecule is CO[C@@H](C)c1nc(C[S@@](=O)Cc2cccc3ccccc23)cs1. The van der Waals surface area contributed by atoms with E-state index in [2.05, 4.69) is 29.2 Å². The number of benzene rings is 2. The van der Waals surface area contributed by atoms with E-state index in [9.17, 15) is 4.21 Å². The van der Waals surface area contributed by atoms with Gasteiger partial charge < -0.3 is 4.74 Å². The maximum absolute atomic E-state index is 12.5. The number of hydrogen-bond acceptors (Lipinski definition) is 4. The van der Waals surface area contributed by atoms with E-state index in [4.69, 9.17) is 4.74 Å². The molecule has 0 fully saturated rings. The second kappa shape index (κ2) is 7.34. The molecule has 1 aromatic heterocycles. The second-order valence-corrected chi connectivity index (χ2v) is 7.77. The molecule has 0 aliphatic carbocycles. The Morgan fingerprint density at radius 1 is 1.17 bits per heavy atom. The van der Waals surface area contributed by atoms with E-state index >= 15 is 0 Å². The van der Waals surface area contributed by atoms with E-state index in [0.717, 1.165) is 16.3 Å². The molecule has 5 heteroatoms. The predicted molar refractivity (Wildman–Crippen MR) is 97.0 cm³/mol. The number of fused-ring (bicyclic) bond motifs is 1. The van der Waals surface area contributed by atoms with E-state index in [1.807, 2.05) is 30.5 Å². The second-order valence-electron chi connectivity index (χ2n) is 5.42. The number of ether oxygens (including phenoxy) is 1. The van der Waals surface area contributed by atoms with Crippen molar-refractivity contribution in [2.75, 3.05) is 7.11 Å². The molecule has 0 aliphatic heterocycles. The summed E-state index contributed by atoms with van der Waals surface area (Å²) >= 11 is 1.56. The molecular weight excluding hydrogens is 326 g/mol. The number of nitrogens with zero attached hydrogens (tertiary/aromatic N) is 1. The predicted octanol–water partition coefficient (Wildman–Crippen LogP) is 4.45. The summed E-state index contributed by atoms with van der Waals surface area (Å²) in [4.78, 5) is 4.53. The fraction of sp³-hybridized carbons (Fsp3) is 0.278. The molecule has 0 N–H and O–H groups in total. The Bertz CT molecular complexity index is 823. The molecule has 0 saturated carbocycles. The van der Waals surface area contributed by atoms with Crippen molar-refractivity contribution in [1.82, 2.24) is 4.98 Å². The third-order valence-electron chi connectivity index (χ3n) is 3.78. The van der Waals surface area contributed by atoms with Gasteiger partial charge in [-0.2, -0.15) is 0 Å². The first-order chi connectivity index (χ1) is 11.2. The molecule has 23 heavy (non-hydrogen) atoms. The van der Waals surface area contributed by atoms with Crippen LogP contribution in [0.25, 0.3) is 10.8 Å². The standard InChI is InChI=1S/C18H19NO2S2/c1-13(21-2)18-19-16(10-22-18)12-23(20)11-15-8-5-7-14-6-3-4-9-17(14)15/h3-10,13H,11-12H2,1-2H3/t13-,23-/m0/s1. The third-order valence-corrected chi connectivity index (χ3v) is 6.08. The molecule has 2 atom stereocenters. The lowest BCUT2D eigenvalue weighted by atomic mass is 10.1. The number of methoxy groups -OCH3 is 1. The fourth-order valence-corrected chi connectivity index (χ4v) is 4.62. The van der Waals surface area contributed by atoms with Crippen LogP contribution in [0, 0.1) is 0 Å². The molecule has 120 valence electrons. The maximum Gasteiger partial charge on any atom is 0.122 e. The van der Waals surface area contributed by atoms with Crippen LogP contribution in [-0.2, 0) is 27.0 Å². The highest BCUT2D eigenvalue weighted by Gasteiger charge is 2.12. The average molecular weight is 345 g/mol. The summed E-state index contributed by atoms with van der Waals surface area (Å²) in [6, 6.07) is 14.4. The van der Waals surface area contributed by atoms with Crippen LogP contribution in [0.4, 0.5) is 0 Å². The normalized spacial score (nSPS) is 14.0. The number of thiazole rings is 1.